The Morgan fingerprint density at radius 1 is 0.700 bits per heavy atom. The third-order valence-corrected chi connectivity index (χ3v) is 5.65. The van der Waals surface area contributed by atoms with Crippen LogP contribution in [0.1, 0.15) is 135 Å². The quantitative estimate of drug-likeness (QED) is 0.128. The first-order chi connectivity index (χ1) is 14.7. The zero-order valence-corrected chi connectivity index (χ0v) is 19.8. The average molecular weight is 423 g/mol. The highest BCUT2D eigenvalue weighted by Gasteiger charge is 2.01. The van der Waals surface area contributed by atoms with Crippen molar-refractivity contribution < 1.29 is 15.0 Å². The van der Waals surface area contributed by atoms with Gasteiger partial charge in [0.25, 0.3) is 0 Å². The van der Waals surface area contributed by atoms with E-state index in [9.17, 15) is 9.90 Å². The van der Waals surface area contributed by atoms with E-state index < -0.39 is 5.97 Å². The Morgan fingerprint density at radius 2 is 1.17 bits per heavy atom. The first-order valence-corrected chi connectivity index (χ1v) is 12.9. The number of unbranched alkanes of at least 4 members (excludes halogenated alkanes) is 14. The van der Waals surface area contributed by atoms with Crippen LogP contribution in [0.5, 0.6) is 0 Å². The van der Waals surface area contributed by atoms with E-state index in [4.69, 9.17) is 5.11 Å². The number of allylic oxidation sites excluding steroid dienone is 3. The first kappa shape index (κ1) is 28.9. The second-order valence-electron chi connectivity index (χ2n) is 8.74. The van der Waals surface area contributed by atoms with Gasteiger partial charge in [0, 0.05) is 6.42 Å². The number of carbonyl (C=O) groups is 1. The van der Waals surface area contributed by atoms with Crippen molar-refractivity contribution in [3.63, 3.8) is 0 Å². The molecule has 0 aromatic rings. The Balaban J connectivity index is 3.21. The van der Waals surface area contributed by atoms with Gasteiger partial charge in [-0.1, -0.05) is 121 Å². The van der Waals surface area contributed by atoms with E-state index >= 15 is 0 Å². The fourth-order valence-corrected chi connectivity index (χ4v) is 3.70. The number of rotatable bonds is 23. The smallest absolute Gasteiger partial charge is 0.303 e. The van der Waals surface area contributed by atoms with E-state index in [1.165, 1.54) is 77.0 Å². The van der Waals surface area contributed by atoms with Crippen molar-refractivity contribution in [3.8, 4) is 0 Å². The lowest BCUT2D eigenvalue weighted by Gasteiger charge is -2.07. The van der Waals surface area contributed by atoms with Crippen LogP contribution in [0, 0.1) is 0 Å². The van der Waals surface area contributed by atoms with E-state index in [1.54, 1.807) is 0 Å². The molecule has 0 spiro atoms. The summed E-state index contributed by atoms with van der Waals surface area (Å²) in [7, 11) is 0. The number of carboxylic acid groups (broad SMARTS) is 1. The minimum atomic E-state index is -0.665. The van der Waals surface area contributed by atoms with Crippen molar-refractivity contribution in [2.75, 3.05) is 0 Å². The van der Waals surface area contributed by atoms with Crippen LogP contribution in [-0.2, 0) is 4.79 Å². The van der Waals surface area contributed by atoms with Crippen molar-refractivity contribution in [1.82, 2.24) is 0 Å². The van der Waals surface area contributed by atoms with Gasteiger partial charge in [0.15, 0.2) is 0 Å². The molecule has 0 amide bonds. The van der Waals surface area contributed by atoms with Crippen LogP contribution in [0.15, 0.2) is 24.3 Å². The van der Waals surface area contributed by atoms with Gasteiger partial charge < -0.3 is 10.2 Å². The molecule has 0 saturated heterocycles. The molecule has 0 rings (SSSR count). The summed E-state index contributed by atoms with van der Waals surface area (Å²) in [5, 5.41) is 18.6. The summed E-state index contributed by atoms with van der Waals surface area (Å²) in [6, 6.07) is 0. The standard InChI is InChI=1S/C27H50O3/c1-2-3-4-5-14-17-20-23-26(28)24-21-18-15-12-10-8-6-7-9-11-13-16-19-22-25-27(29)30/h4-5,17,20,26,28H,2-3,6-16,18-19,21-25H2,1H3,(H,29,30). The molecule has 1 unspecified atom stereocenters. The maximum atomic E-state index is 10.4. The summed E-state index contributed by atoms with van der Waals surface area (Å²) in [6.07, 6.45) is 31.4. The molecular formula is C27H50O3. The van der Waals surface area contributed by atoms with Crippen LogP contribution in [-0.4, -0.2) is 22.3 Å². The largest absolute Gasteiger partial charge is 0.481 e. The molecule has 0 fully saturated rings. The van der Waals surface area contributed by atoms with Gasteiger partial charge in [-0.25, -0.2) is 0 Å². The maximum absolute atomic E-state index is 10.4. The molecule has 1 atom stereocenters. The van der Waals surface area contributed by atoms with E-state index in [1.807, 2.05) is 0 Å². The van der Waals surface area contributed by atoms with Crippen molar-refractivity contribution in [3.05, 3.63) is 24.3 Å². The van der Waals surface area contributed by atoms with E-state index in [0.29, 0.717) is 6.42 Å². The van der Waals surface area contributed by atoms with Gasteiger partial charge in [-0.3, -0.25) is 4.79 Å². The first-order valence-electron chi connectivity index (χ1n) is 12.9. The molecule has 0 aromatic heterocycles. The fraction of sp³-hybridized carbons (Fsp3) is 0.815. The van der Waals surface area contributed by atoms with Crippen LogP contribution >= 0.6 is 0 Å². The summed E-state index contributed by atoms with van der Waals surface area (Å²) >= 11 is 0. The van der Waals surface area contributed by atoms with Crippen LogP contribution in [0.3, 0.4) is 0 Å². The normalized spacial score (nSPS) is 12.9. The zero-order valence-electron chi connectivity index (χ0n) is 19.8. The molecular weight excluding hydrogens is 372 g/mol. The molecule has 0 aliphatic heterocycles. The second-order valence-corrected chi connectivity index (χ2v) is 8.74. The summed E-state index contributed by atoms with van der Waals surface area (Å²) in [5.74, 6) is -0.665. The zero-order chi connectivity index (χ0) is 22.1. The predicted octanol–water partition coefficient (Wildman–Crippen LogP) is 8.37. The molecule has 0 aliphatic carbocycles. The van der Waals surface area contributed by atoms with E-state index in [0.717, 1.165) is 44.9 Å². The summed E-state index contributed by atoms with van der Waals surface area (Å²) < 4.78 is 0. The fourth-order valence-electron chi connectivity index (χ4n) is 3.70. The Hall–Kier alpha value is -1.09. The molecule has 0 bridgehead atoms. The van der Waals surface area contributed by atoms with Crippen molar-refractivity contribution in [1.29, 1.82) is 0 Å². The lowest BCUT2D eigenvalue weighted by atomic mass is 10.0. The number of hydrogen-bond donors (Lipinski definition) is 2. The molecule has 3 nitrogen and oxygen atoms in total. The van der Waals surface area contributed by atoms with Gasteiger partial charge in [-0.15, -0.1) is 0 Å². The minimum absolute atomic E-state index is 0.168. The SMILES string of the molecule is CCCC=CCC=CCC(O)CCCCCCCCCCCCCCCCC(=O)O. The van der Waals surface area contributed by atoms with E-state index in [-0.39, 0.29) is 6.10 Å². The molecule has 0 radical (unpaired) electrons. The molecule has 0 aliphatic rings. The molecule has 3 heteroatoms. The van der Waals surface area contributed by atoms with Crippen molar-refractivity contribution in [2.24, 2.45) is 0 Å². The Bertz CT molecular complexity index is 414. The number of carboxylic acids is 1. The van der Waals surface area contributed by atoms with E-state index in [2.05, 4.69) is 31.2 Å². The van der Waals surface area contributed by atoms with Crippen LogP contribution in [0.25, 0.3) is 0 Å². The van der Waals surface area contributed by atoms with Crippen LogP contribution < -0.4 is 0 Å². The Morgan fingerprint density at radius 3 is 1.67 bits per heavy atom. The Labute approximate surface area is 187 Å². The number of aliphatic hydroxyl groups excluding tert-OH is 1. The highest BCUT2D eigenvalue weighted by molar-refractivity contribution is 5.66. The lowest BCUT2D eigenvalue weighted by molar-refractivity contribution is -0.137. The monoisotopic (exact) mass is 422 g/mol. The third-order valence-electron chi connectivity index (χ3n) is 5.65. The summed E-state index contributed by atoms with van der Waals surface area (Å²) in [4.78, 5) is 10.4. The lowest BCUT2D eigenvalue weighted by Crippen LogP contribution is -2.04. The molecule has 2 N–H and O–H groups in total. The Kier molecular flexibility index (Phi) is 23.3. The molecule has 176 valence electrons. The van der Waals surface area contributed by atoms with Gasteiger partial charge in [0.1, 0.15) is 0 Å². The van der Waals surface area contributed by atoms with Gasteiger partial charge in [-0.05, 0) is 32.1 Å². The molecule has 0 saturated carbocycles. The van der Waals surface area contributed by atoms with Crippen molar-refractivity contribution >= 4 is 5.97 Å². The summed E-state index contributed by atoms with van der Waals surface area (Å²) in [5.41, 5.74) is 0. The highest BCUT2D eigenvalue weighted by atomic mass is 16.4. The number of hydrogen-bond acceptors (Lipinski definition) is 2. The summed E-state index contributed by atoms with van der Waals surface area (Å²) in [6.45, 7) is 2.19. The molecule has 0 aromatic carbocycles. The predicted molar refractivity (Wildman–Crippen MR) is 130 cm³/mol. The van der Waals surface area contributed by atoms with Gasteiger partial charge >= 0.3 is 5.97 Å². The topological polar surface area (TPSA) is 57.5 Å². The van der Waals surface area contributed by atoms with Crippen LogP contribution in [0.2, 0.25) is 0 Å². The number of aliphatic carboxylic acids is 1. The van der Waals surface area contributed by atoms with Gasteiger partial charge in [0.2, 0.25) is 0 Å². The van der Waals surface area contributed by atoms with Crippen molar-refractivity contribution in [2.45, 2.75) is 141 Å². The van der Waals surface area contributed by atoms with Gasteiger partial charge in [0.05, 0.1) is 6.10 Å². The number of aliphatic hydroxyl groups is 1. The van der Waals surface area contributed by atoms with Gasteiger partial charge in [-0.2, -0.15) is 0 Å². The minimum Gasteiger partial charge on any atom is -0.481 e. The maximum Gasteiger partial charge on any atom is 0.303 e. The second kappa shape index (κ2) is 24.2. The van der Waals surface area contributed by atoms with Crippen LogP contribution in [0.4, 0.5) is 0 Å². The molecule has 0 heterocycles. The molecule has 30 heavy (non-hydrogen) atoms. The average Bonchev–Trinajstić information content (AvgIpc) is 2.72. The third kappa shape index (κ3) is 24.9. The highest BCUT2D eigenvalue weighted by Crippen LogP contribution is 2.14.